The highest BCUT2D eigenvalue weighted by Crippen LogP contribution is 2.07. The highest BCUT2D eigenvalue weighted by Gasteiger charge is 2.18. The number of rotatable bonds is 0. The van der Waals surface area contributed by atoms with E-state index in [0.29, 0.717) is 13.1 Å². The normalized spacial score (nSPS) is 17.2. The molecule has 2 heterocycles. The Labute approximate surface area is 74.5 Å². The predicted octanol–water partition coefficient (Wildman–Crippen LogP) is -1.20. The van der Waals surface area contributed by atoms with Crippen LogP contribution in [0.4, 0.5) is 0 Å². The molecule has 0 fully saturated rings. The van der Waals surface area contributed by atoms with Crippen LogP contribution in [0, 0.1) is 0 Å². The summed E-state index contributed by atoms with van der Waals surface area (Å²) in [5.41, 5.74) is 5.44. The standard InChI is InChI=1S/C6H10N6O/c7-6(10-13)11-1-2-12-4-8-9-5(12)3-11/h4,13H,1-3H2,(H2,7,10). The predicted molar refractivity (Wildman–Crippen MR) is 43.8 cm³/mol. The van der Waals surface area contributed by atoms with Crippen LogP contribution in [0.5, 0.6) is 0 Å². The largest absolute Gasteiger partial charge is 0.408 e. The summed E-state index contributed by atoms with van der Waals surface area (Å²) in [6.45, 7) is 2.01. The van der Waals surface area contributed by atoms with Gasteiger partial charge in [0.1, 0.15) is 6.33 Å². The van der Waals surface area contributed by atoms with Crippen LogP contribution in [-0.2, 0) is 13.1 Å². The molecule has 13 heavy (non-hydrogen) atoms. The molecule has 1 aromatic heterocycles. The number of oxime groups is 1. The van der Waals surface area contributed by atoms with Crippen LogP contribution in [-0.4, -0.2) is 37.4 Å². The second-order valence-electron chi connectivity index (χ2n) is 2.82. The highest BCUT2D eigenvalue weighted by molar-refractivity contribution is 5.77. The van der Waals surface area contributed by atoms with Crippen molar-refractivity contribution in [2.24, 2.45) is 10.9 Å². The van der Waals surface area contributed by atoms with Gasteiger partial charge in [-0.25, -0.2) is 0 Å². The highest BCUT2D eigenvalue weighted by atomic mass is 16.4. The van der Waals surface area contributed by atoms with Crippen molar-refractivity contribution in [1.29, 1.82) is 0 Å². The lowest BCUT2D eigenvalue weighted by atomic mass is 10.4. The van der Waals surface area contributed by atoms with Gasteiger partial charge in [-0.05, 0) is 0 Å². The van der Waals surface area contributed by atoms with Crippen LogP contribution in [0.1, 0.15) is 5.82 Å². The molecule has 0 bridgehead atoms. The zero-order chi connectivity index (χ0) is 9.26. The van der Waals surface area contributed by atoms with Gasteiger partial charge in [-0.3, -0.25) is 0 Å². The molecule has 0 radical (unpaired) electrons. The van der Waals surface area contributed by atoms with E-state index < -0.39 is 0 Å². The van der Waals surface area contributed by atoms with Crippen molar-refractivity contribution in [3.8, 4) is 0 Å². The Hall–Kier alpha value is -1.79. The minimum atomic E-state index is 0.120. The molecule has 0 saturated heterocycles. The van der Waals surface area contributed by atoms with Gasteiger partial charge in [0.2, 0.25) is 5.96 Å². The van der Waals surface area contributed by atoms with Crippen LogP contribution in [0.15, 0.2) is 11.5 Å². The van der Waals surface area contributed by atoms with Crippen LogP contribution >= 0.6 is 0 Å². The quantitative estimate of drug-likeness (QED) is 0.227. The molecule has 0 atom stereocenters. The Morgan fingerprint density at radius 3 is 3.23 bits per heavy atom. The number of hydrogen-bond donors (Lipinski definition) is 2. The minimum absolute atomic E-state index is 0.120. The number of nitrogens with two attached hydrogens (primary N) is 1. The van der Waals surface area contributed by atoms with Gasteiger partial charge in [-0.1, -0.05) is 5.16 Å². The molecule has 0 unspecified atom stereocenters. The summed E-state index contributed by atoms with van der Waals surface area (Å²) < 4.78 is 1.95. The topological polar surface area (TPSA) is 92.6 Å². The van der Waals surface area contributed by atoms with Crippen molar-refractivity contribution >= 4 is 5.96 Å². The van der Waals surface area contributed by atoms with Crippen molar-refractivity contribution in [2.45, 2.75) is 13.1 Å². The number of aromatic nitrogens is 3. The molecule has 0 aromatic carbocycles. The van der Waals surface area contributed by atoms with Crippen molar-refractivity contribution in [3.05, 3.63) is 12.2 Å². The maximum absolute atomic E-state index is 8.46. The van der Waals surface area contributed by atoms with Crippen LogP contribution in [0.25, 0.3) is 0 Å². The summed E-state index contributed by atoms with van der Waals surface area (Å²) in [4.78, 5) is 1.74. The first-order valence-corrected chi connectivity index (χ1v) is 3.90. The molecule has 0 saturated carbocycles. The Morgan fingerprint density at radius 2 is 2.46 bits per heavy atom. The zero-order valence-corrected chi connectivity index (χ0v) is 6.96. The van der Waals surface area contributed by atoms with Gasteiger partial charge in [0.15, 0.2) is 5.82 Å². The summed E-state index contributed by atoms with van der Waals surface area (Å²) in [7, 11) is 0. The second-order valence-corrected chi connectivity index (χ2v) is 2.82. The van der Waals surface area contributed by atoms with Gasteiger partial charge >= 0.3 is 0 Å². The summed E-state index contributed by atoms with van der Waals surface area (Å²) >= 11 is 0. The summed E-state index contributed by atoms with van der Waals surface area (Å²) in [6.07, 6.45) is 1.68. The summed E-state index contributed by atoms with van der Waals surface area (Å²) in [5, 5.41) is 19.1. The van der Waals surface area contributed by atoms with E-state index in [2.05, 4.69) is 15.4 Å². The van der Waals surface area contributed by atoms with E-state index in [4.69, 9.17) is 10.9 Å². The molecule has 1 aliphatic rings. The average Bonchev–Trinajstić information content (AvgIpc) is 2.63. The molecule has 2 rings (SSSR count). The molecular formula is C6H10N6O. The molecule has 0 spiro atoms. The fourth-order valence-electron chi connectivity index (χ4n) is 1.33. The van der Waals surface area contributed by atoms with Crippen molar-refractivity contribution in [1.82, 2.24) is 19.7 Å². The van der Waals surface area contributed by atoms with Crippen molar-refractivity contribution in [2.75, 3.05) is 6.54 Å². The Balaban J connectivity index is 2.17. The Morgan fingerprint density at radius 1 is 1.62 bits per heavy atom. The van der Waals surface area contributed by atoms with Gasteiger partial charge in [0, 0.05) is 13.1 Å². The summed E-state index contributed by atoms with van der Waals surface area (Å²) in [5.74, 6) is 0.951. The third kappa shape index (κ3) is 1.28. The lowest BCUT2D eigenvalue weighted by Gasteiger charge is -2.26. The maximum atomic E-state index is 8.46. The third-order valence-electron chi connectivity index (χ3n) is 2.07. The van der Waals surface area contributed by atoms with Gasteiger partial charge in [0.25, 0.3) is 0 Å². The van der Waals surface area contributed by atoms with E-state index >= 15 is 0 Å². The molecule has 7 heteroatoms. The fourth-order valence-corrected chi connectivity index (χ4v) is 1.33. The van der Waals surface area contributed by atoms with Crippen LogP contribution in [0.2, 0.25) is 0 Å². The Bertz CT molecular complexity index is 332. The van der Waals surface area contributed by atoms with Gasteiger partial charge in [-0.2, -0.15) is 0 Å². The first-order valence-electron chi connectivity index (χ1n) is 3.90. The number of fused-ring (bicyclic) bond motifs is 1. The first-order chi connectivity index (χ1) is 6.31. The fraction of sp³-hybridized carbons (Fsp3) is 0.500. The van der Waals surface area contributed by atoms with Crippen molar-refractivity contribution < 1.29 is 5.21 Å². The first kappa shape index (κ1) is 7.84. The van der Waals surface area contributed by atoms with E-state index in [9.17, 15) is 0 Å². The van der Waals surface area contributed by atoms with E-state index in [0.717, 1.165) is 12.4 Å². The number of hydrogen-bond acceptors (Lipinski definition) is 4. The molecule has 1 aliphatic heterocycles. The third-order valence-corrected chi connectivity index (χ3v) is 2.07. The molecule has 0 amide bonds. The lowest BCUT2D eigenvalue weighted by molar-refractivity contribution is 0.277. The van der Waals surface area contributed by atoms with Crippen LogP contribution < -0.4 is 5.73 Å². The van der Waals surface area contributed by atoms with E-state index in [1.54, 1.807) is 11.2 Å². The number of guanidine groups is 1. The molecular weight excluding hydrogens is 172 g/mol. The van der Waals surface area contributed by atoms with E-state index in [-0.39, 0.29) is 5.96 Å². The SMILES string of the molecule is NC(=NO)N1CCn2cnnc2C1. The average molecular weight is 182 g/mol. The van der Waals surface area contributed by atoms with E-state index in [1.165, 1.54) is 0 Å². The monoisotopic (exact) mass is 182 g/mol. The second kappa shape index (κ2) is 2.92. The minimum Gasteiger partial charge on any atom is -0.408 e. The zero-order valence-electron chi connectivity index (χ0n) is 6.96. The molecule has 1 aromatic rings. The molecule has 0 aliphatic carbocycles. The van der Waals surface area contributed by atoms with Gasteiger partial charge in [-0.15, -0.1) is 10.2 Å². The Kier molecular flexibility index (Phi) is 1.76. The van der Waals surface area contributed by atoms with Gasteiger partial charge in [0.05, 0.1) is 6.54 Å². The van der Waals surface area contributed by atoms with E-state index in [1.807, 2.05) is 4.57 Å². The molecule has 3 N–H and O–H groups in total. The molecule has 70 valence electrons. The maximum Gasteiger partial charge on any atom is 0.233 e. The smallest absolute Gasteiger partial charge is 0.233 e. The van der Waals surface area contributed by atoms with Crippen LogP contribution in [0.3, 0.4) is 0 Å². The van der Waals surface area contributed by atoms with Crippen molar-refractivity contribution in [3.63, 3.8) is 0 Å². The summed E-state index contributed by atoms with van der Waals surface area (Å²) in [6, 6.07) is 0. The van der Waals surface area contributed by atoms with Gasteiger partial charge < -0.3 is 20.4 Å². The number of nitrogens with zero attached hydrogens (tertiary/aromatic N) is 5. The molecule has 7 nitrogen and oxygen atoms in total. The lowest BCUT2D eigenvalue weighted by Crippen LogP contribution is -2.42.